The number of carbonyl (C=O) groups is 1. The van der Waals surface area contributed by atoms with Crippen LogP contribution in [0.2, 0.25) is 0 Å². The molecule has 1 aromatic carbocycles. The van der Waals surface area contributed by atoms with Crippen LogP contribution in [0.3, 0.4) is 0 Å². The van der Waals surface area contributed by atoms with Gasteiger partial charge in [-0.15, -0.1) is 0 Å². The Hall–Kier alpha value is -2.82. The highest BCUT2D eigenvalue weighted by Gasteiger charge is 2.30. The van der Waals surface area contributed by atoms with Gasteiger partial charge in [0.2, 0.25) is 0 Å². The molecule has 1 aliphatic rings. The fourth-order valence-electron chi connectivity index (χ4n) is 3.72. The van der Waals surface area contributed by atoms with Crippen LogP contribution >= 0.6 is 0 Å². The summed E-state index contributed by atoms with van der Waals surface area (Å²) in [5, 5.41) is 0. The second-order valence-electron chi connectivity index (χ2n) is 8.87. The minimum atomic E-state index is -4.42. The van der Waals surface area contributed by atoms with Gasteiger partial charge < -0.3 is 4.74 Å². The predicted octanol–water partition coefficient (Wildman–Crippen LogP) is 8.14. The number of allylic oxidation sites excluding steroid dienone is 9. The van der Waals surface area contributed by atoms with Crippen molar-refractivity contribution in [2.24, 2.45) is 5.41 Å². The Morgan fingerprint density at radius 3 is 2.31 bits per heavy atom. The van der Waals surface area contributed by atoms with Crippen LogP contribution < -0.4 is 4.74 Å². The lowest BCUT2D eigenvalue weighted by Crippen LogP contribution is -2.19. The average Bonchev–Trinajstić information content (AvgIpc) is 2.66. The molecule has 1 aliphatic carbocycles. The van der Waals surface area contributed by atoms with Gasteiger partial charge in [0.25, 0.3) is 0 Å². The standard InChI is InChI=1S/C27H31F3O2/c1-19(11-16-24-21(3)10-7-17-26(24,4)5)8-6-9-20(2)18-25(31)32-23-14-12-22(13-15-23)27(28,29)30/h6,8-9,11-16,18H,7,10,17H2,1-5H3. The van der Waals surface area contributed by atoms with Crippen LogP contribution in [0.5, 0.6) is 5.75 Å². The fraction of sp³-hybridized carbons (Fsp3) is 0.370. The Bertz CT molecular complexity index is 969. The molecule has 0 unspecified atom stereocenters. The Kier molecular flexibility index (Phi) is 8.48. The lowest BCUT2D eigenvalue weighted by molar-refractivity contribution is -0.137. The molecule has 0 saturated heterocycles. The number of hydrogen-bond acceptors (Lipinski definition) is 2. The molecule has 0 spiro atoms. The van der Waals surface area contributed by atoms with E-state index < -0.39 is 17.7 Å². The number of hydrogen-bond donors (Lipinski definition) is 0. The number of carbonyl (C=O) groups excluding carboxylic acids is 1. The van der Waals surface area contributed by atoms with Crippen molar-refractivity contribution < 1.29 is 22.7 Å². The summed E-state index contributed by atoms with van der Waals surface area (Å²) in [6.07, 6.45) is 10.4. The number of rotatable bonds is 6. The molecule has 172 valence electrons. The number of esters is 1. The van der Waals surface area contributed by atoms with Gasteiger partial charge in [-0.2, -0.15) is 13.2 Å². The van der Waals surface area contributed by atoms with Crippen molar-refractivity contribution in [1.29, 1.82) is 0 Å². The van der Waals surface area contributed by atoms with Crippen LogP contribution in [-0.4, -0.2) is 5.97 Å². The van der Waals surface area contributed by atoms with Crippen molar-refractivity contribution in [1.82, 2.24) is 0 Å². The SMILES string of the molecule is CC(C=CC1=C(C)CCCC1(C)C)=CC=CC(C)=CC(=O)Oc1ccc(C(F)(F)F)cc1. The summed E-state index contributed by atoms with van der Waals surface area (Å²) in [5.41, 5.74) is 4.02. The van der Waals surface area contributed by atoms with E-state index in [-0.39, 0.29) is 11.2 Å². The zero-order valence-electron chi connectivity index (χ0n) is 19.3. The number of ether oxygens (including phenoxy) is 1. The van der Waals surface area contributed by atoms with E-state index in [4.69, 9.17) is 4.74 Å². The van der Waals surface area contributed by atoms with Crippen LogP contribution in [0.15, 0.2) is 83.0 Å². The lowest BCUT2D eigenvalue weighted by atomic mass is 9.72. The van der Waals surface area contributed by atoms with E-state index in [0.29, 0.717) is 5.57 Å². The van der Waals surface area contributed by atoms with Gasteiger partial charge in [0.05, 0.1) is 5.56 Å². The molecule has 5 heteroatoms. The first-order valence-electron chi connectivity index (χ1n) is 10.7. The van der Waals surface area contributed by atoms with E-state index in [1.807, 2.05) is 19.1 Å². The maximum Gasteiger partial charge on any atom is 0.416 e. The first-order valence-corrected chi connectivity index (χ1v) is 10.7. The van der Waals surface area contributed by atoms with Gasteiger partial charge in [0.1, 0.15) is 5.75 Å². The van der Waals surface area contributed by atoms with Gasteiger partial charge in [-0.05, 0) is 80.9 Å². The maximum atomic E-state index is 12.6. The van der Waals surface area contributed by atoms with Crippen molar-refractivity contribution in [2.45, 2.75) is 60.1 Å². The van der Waals surface area contributed by atoms with Crippen molar-refractivity contribution >= 4 is 5.97 Å². The number of halogens is 3. The maximum absolute atomic E-state index is 12.6. The second-order valence-corrected chi connectivity index (χ2v) is 8.87. The van der Waals surface area contributed by atoms with Gasteiger partial charge in [-0.1, -0.05) is 55.4 Å². The molecule has 0 fully saturated rings. The molecule has 0 bridgehead atoms. The summed E-state index contributed by atoms with van der Waals surface area (Å²) in [4.78, 5) is 12.0. The average molecular weight is 445 g/mol. The molecule has 0 aromatic heterocycles. The molecule has 0 radical (unpaired) electrons. The zero-order valence-corrected chi connectivity index (χ0v) is 19.3. The molecule has 0 atom stereocenters. The molecule has 0 heterocycles. The third kappa shape index (κ3) is 7.70. The van der Waals surface area contributed by atoms with Crippen molar-refractivity contribution in [2.75, 3.05) is 0 Å². The normalized spacial score (nSPS) is 18.0. The van der Waals surface area contributed by atoms with E-state index in [2.05, 4.69) is 32.9 Å². The van der Waals surface area contributed by atoms with Crippen LogP contribution in [0.1, 0.15) is 59.4 Å². The topological polar surface area (TPSA) is 26.3 Å². The summed E-state index contributed by atoms with van der Waals surface area (Å²) < 4.78 is 42.8. The number of alkyl halides is 3. The van der Waals surface area contributed by atoms with Gasteiger partial charge in [-0.25, -0.2) is 4.79 Å². The Balaban J connectivity index is 1.96. The molecule has 0 saturated carbocycles. The van der Waals surface area contributed by atoms with Gasteiger partial charge in [-0.3, -0.25) is 0 Å². The summed E-state index contributed by atoms with van der Waals surface area (Å²) >= 11 is 0. The summed E-state index contributed by atoms with van der Waals surface area (Å²) in [6.45, 7) is 10.5. The van der Waals surface area contributed by atoms with E-state index in [9.17, 15) is 18.0 Å². The molecule has 2 rings (SSSR count). The van der Waals surface area contributed by atoms with Crippen LogP contribution in [0.4, 0.5) is 13.2 Å². The monoisotopic (exact) mass is 444 g/mol. The van der Waals surface area contributed by atoms with Gasteiger partial charge in [0, 0.05) is 6.08 Å². The van der Waals surface area contributed by atoms with E-state index in [0.717, 1.165) is 36.3 Å². The van der Waals surface area contributed by atoms with Crippen molar-refractivity contribution in [3.05, 3.63) is 88.6 Å². The lowest BCUT2D eigenvalue weighted by Gasteiger charge is -2.32. The quantitative estimate of drug-likeness (QED) is 0.192. The minimum absolute atomic E-state index is 0.0622. The minimum Gasteiger partial charge on any atom is -0.423 e. The molecule has 1 aromatic rings. The van der Waals surface area contributed by atoms with Gasteiger partial charge >= 0.3 is 12.1 Å². The zero-order chi connectivity index (χ0) is 23.9. The molecule has 0 amide bonds. The highest BCUT2D eigenvalue weighted by Crippen LogP contribution is 2.40. The van der Waals surface area contributed by atoms with Crippen molar-refractivity contribution in [3.63, 3.8) is 0 Å². The van der Waals surface area contributed by atoms with Crippen molar-refractivity contribution in [3.8, 4) is 5.75 Å². The first-order chi connectivity index (χ1) is 14.9. The highest BCUT2D eigenvalue weighted by molar-refractivity contribution is 5.85. The smallest absolute Gasteiger partial charge is 0.416 e. The van der Waals surface area contributed by atoms with Crippen LogP contribution in [0.25, 0.3) is 0 Å². The predicted molar refractivity (Wildman–Crippen MR) is 123 cm³/mol. The third-order valence-corrected chi connectivity index (χ3v) is 5.52. The third-order valence-electron chi connectivity index (χ3n) is 5.52. The van der Waals surface area contributed by atoms with Gasteiger partial charge in [0.15, 0.2) is 0 Å². The van der Waals surface area contributed by atoms with E-state index in [1.54, 1.807) is 13.0 Å². The first kappa shape index (κ1) is 25.4. The summed E-state index contributed by atoms with van der Waals surface area (Å²) in [6, 6.07) is 4.02. The van der Waals surface area contributed by atoms with Crippen LogP contribution in [-0.2, 0) is 11.0 Å². The van der Waals surface area contributed by atoms with Crippen LogP contribution in [0, 0.1) is 5.41 Å². The highest BCUT2D eigenvalue weighted by atomic mass is 19.4. The molecule has 32 heavy (non-hydrogen) atoms. The Morgan fingerprint density at radius 2 is 1.72 bits per heavy atom. The molecule has 0 aliphatic heterocycles. The molecular formula is C27H31F3O2. The van der Waals surface area contributed by atoms with E-state index >= 15 is 0 Å². The molecule has 0 N–H and O–H groups in total. The largest absolute Gasteiger partial charge is 0.423 e. The molecule has 2 nitrogen and oxygen atoms in total. The molecular weight excluding hydrogens is 413 g/mol. The second kappa shape index (κ2) is 10.7. The fourth-order valence-corrected chi connectivity index (χ4v) is 3.72. The summed E-state index contributed by atoms with van der Waals surface area (Å²) in [7, 11) is 0. The Labute approximate surface area is 188 Å². The number of benzene rings is 1. The Morgan fingerprint density at radius 1 is 1.06 bits per heavy atom. The summed E-state index contributed by atoms with van der Waals surface area (Å²) in [5.74, 6) is -0.582. The van der Waals surface area contributed by atoms with E-state index in [1.165, 1.54) is 30.1 Å².